The Morgan fingerprint density at radius 1 is 1.19 bits per heavy atom. The van der Waals surface area contributed by atoms with Gasteiger partial charge in [0, 0.05) is 23.5 Å². The predicted octanol–water partition coefficient (Wildman–Crippen LogP) is 2.71. The second kappa shape index (κ2) is 5.41. The first-order chi connectivity index (χ1) is 10.1. The van der Waals surface area contributed by atoms with E-state index in [9.17, 15) is 0 Å². The standard InChI is InChI=1S/C15H13N5S/c1-9-8-12(10-4-2-3-5-11(10)19-9)20-15-13(14(16)21)17-6-7-18-15/h2-8H,1H3,(H2,16,21)(H,18,19,20). The molecule has 3 rings (SSSR count). The summed E-state index contributed by atoms with van der Waals surface area (Å²) in [7, 11) is 0. The van der Waals surface area contributed by atoms with Crippen LogP contribution in [0.25, 0.3) is 10.9 Å². The Morgan fingerprint density at radius 3 is 2.76 bits per heavy atom. The molecule has 0 fully saturated rings. The molecule has 2 aromatic heterocycles. The lowest BCUT2D eigenvalue weighted by Crippen LogP contribution is -2.15. The van der Waals surface area contributed by atoms with Gasteiger partial charge < -0.3 is 11.1 Å². The molecule has 6 heteroatoms. The molecule has 0 amide bonds. The third-order valence-corrected chi connectivity index (χ3v) is 3.22. The van der Waals surface area contributed by atoms with E-state index in [4.69, 9.17) is 18.0 Å². The molecule has 0 aliphatic heterocycles. The van der Waals surface area contributed by atoms with Gasteiger partial charge in [0.25, 0.3) is 0 Å². The van der Waals surface area contributed by atoms with E-state index in [-0.39, 0.29) is 4.99 Å². The lowest BCUT2D eigenvalue weighted by Gasteiger charge is -2.12. The smallest absolute Gasteiger partial charge is 0.159 e. The summed E-state index contributed by atoms with van der Waals surface area (Å²) in [5.74, 6) is 0.542. The van der Waals surface area contributed by atoms with E-state index in [1.54, 1.807) is 12.4 Å². The number of anilines is 2. The van der Waals surface area contributed by atoms with Crippen LogP contribution in [0.4, 0.5) is 11.5 Å². The second-order valence-electron chi connectivity index (χ2n) is 4.57. The van der Waals surface area contributed by atoms with Gasteiger partial charge in [0.15, 0.2) is 5.82 Å². The third kappa shape index (κ3) is 2.66. The maximum absolute atomic E-state index is 5.69. The lowest BCUT2D eigenvalue weighted by atomic mass is 10.1. The van der Waals surface area contributed by atoms with Gasteiger partial charge in [-0.15, -0.1) is 0 Å². The van der Waals surface area contributed by atoms with Gasteiger partial charge in [-0.1, -0.05) is 30.4 Å². The van der Waals surface area contributed by atoms with Crippen LogP contribution in [-0.2, 0) is 0 Å². The molecule has 0 atom stereocenters. The second-order valence-corrected chi connectivity index (χ2v) is 5.01. The number of rotatable bonds is 3. The number of aromatic nitrogens is 3. The highest BCUT2D eigenvalue weighted by Crippen LogP contribution is 2.26. The van der Waals surface area contributed by atoms with Crippen molar-refractivity contribution >= 4 is 39.6 Å². The van der Waals surface area contributed by atoms with Crippen molar-refractivity contribution in [1.29, 1.82) is 0 Å². The molecular formula is C15H13N5S. The average Bonchev–Trinajstić information content (AvgIpc) is 2.47. The number of benzene rings is 1. The molecular weight excluding hydrogens is 282 g/mol. The number of thiocarbonyl (C=S) groups is 1. The largest absolute Gasteiger partial charge is 0.388 e. The zero-order valence-electron chi connectivity index (χ0n) is 11.4. The summed E-state index contributed by atoms with van der Waals surface area (Å²) >= 11 is 5.01. The molecule has 5 nitrogen and oxygen atoms in total. The van der Waals surface area contributed by atoms with Crippen LogP contribution in [0, 0.1) is 6.92 Å². The summed E-state index contributed by atoms with van der Waals surface area (Å²) < 4.78 is 0. The summed E-state index contributed by atoms with van der Waals surface area (Å²) in [6.07, 6.45) is 3.16. The van der Waals surface area contributed by atoms with Gasteiger partial charge in [-0.05, 0) is 19.1 Å². The van der Waals surface area contributed by atoms with Crippen LogP contribution in [0.1, 0.15) is 11.4 Å². The Kier molecular flexibility index (Phi) is 3.45. The van der Waals surface area contributed by atoms with Gasteiger partial charge in [-0.25, -0.2) is 9.97 Å². The van der Waals surface area contributed by atoms with Crippen LogP contribution in [-0.4, -0.2) is 19.9 Å². The molecule has 0 bridgehead atoms. The Bertz CT molecular complexity index is 831. The summed E-state index contributed by atoms with van der Waals surface area (Å²) in [6, 6.07) is 9.86. The molecule has 1 aromatic carbocycles. The number of aryl methyl sites for hydroxylation is 1. The summed E-state index contributed by atoms with van der Waals surface area (Å²) in [4.78, 5) is 13.2. The molecule has 21 heavy (non-hydrogen) atoms. The van der Waals surface area contributed by atoms with Gasteiger partial charge in [0.05, 0.1) is 11.2 Å². The number of fused-ring (bicyclic) bond motifs is 1. The van der Waals surface area contributed by atoms with Gasteiger partial charge in [0.1, 0.15) is 10.7 Å². The first kappa shape index (κ1) is 13.4. The number of para-hydroxylation sites is 1. The van der Waals surface area contributed by atoms with Crippen molar-refractivity contribution in [3.63, 3.8) is 0 Å². The minimum absolute atomic E-state index is 0.209. The van der Waals surface area contributed by atoms with Crippen molar-refractivity contribution in [1.82, 2.24) is 15.0 Å². The molecule has 3 aromatic rings. The highest BCUT2D eigenvalue weighted by Gasteiger charge is 2.10. The number of nitrogens with one attached hydrogen (secondary N) is 1. The number of nitrogens with two attached hydrogens (primary N) is 1. The normalized spacial score (nSPS) is 10.5. The van der Waals surface area contributed by atoms with Crippen molar-refractivity contribution in [2.24, 2.45) is 5.73 Å². The van der Waals surface area contributed by atoms with E-state index in [0.29, 0.717) is 11.5 Å². The zero-order valence-corrected chi connectivity index (χ0v) is 12.2. The van der Waals surface area contributed by atoms with Gasteiger partial charge in [-0.3, -0.25) is 4.98 Å². The Morgan fingerprint density at radius 2 is 1.95 bits per heavy atom. The molecule has 0 saturated heterocycles. The van der Waals surface area contributed by atoms with Gasteiger partial charge >= 0.3 is 0 Å². The number of pyridine rings is 1. The summed E-state index contributed by atoms with van der Waals surface area (Å²) in [5, 5.41) is 4.26. The van der Waals surface area contributed by atoms with E-state index in [1.165, 1.54) is 0 Å². The molecule has 104 valence electrons. The molecule has 0 aliphatic carbocycles. The average molecular weight is 295 g/mol. The summed E-state index contributed by atoms with van der Waals surface area (Å²) in [6.45, 7) is 1.95. The molecule has 0 aliphatic rings. The van der Waals surface area contributed by atoms with E-state index in [0.717, 1.165) is 22.3 Å². The number of hydrogen-bond donors (Lipinski definition) is 2. The Hall–Kier alpha value is -2.60. The van der Waals surface area contributed by atoms with E-state index >= 15 is 0 Å². The first-order valence-electron chi connectivity index (χ1n) is 6.39. The quantitative estimate of drug-likeness (QED) is 0.724. The SMILES string of the molecule is Cc1cc(Nc2nccnc2C(N)=S)c2ccccc2n1. The zero-order chi connectivity index (χ0) is 14.8. The fourth-order valence-electron chi connectivity index (χ4n) is 2.15. The monoisotopic (exact) mass is 295 g/mol. The van der Waals surface area contributed by atoms with Crippen LogP contribution in [0.5, 0.6) is 0 Å². The number of hydrogen-bond acceptors (Lipinski definition) is 5. The highest BCUT2D eigenvalue weighted by molar-refractivity contribution is 7.80. The highest BCUT2D eigenvalue weighted by atomic mass is 32.1. The Labute approximate surface area is 127 Å². The molecule has 3 N–H and O–H groups in total. The van der Waals surface area contributed by atoms with Crippen molar-refractivity contribution in [2.75, 3.05) is 5.32 Å². The van der Waals surface area contributed by atoms with Crippen LogP contribution >= 0.6 is 12.2 Å². The van der Waals surface area contributed by atoms with E-state index in [1.807, 2.05) is 37.3 Å². The van der Waals surface area contributed by atoms with E-state index in [2.05, 4.69) is 20.3 Å². The topological polar surface area (TPSA) is 76.7 Å². The molecule has 0 saturated carbocycles. The van der Waals surface area contributed by atoms with Crippen LogP contribution in [0.3, 0.4) is 0 Å². The fourth-order valence-corrected chi connectivity index (χ4v) is 2.30. The molecule has 2 heterocycles. The van der Waals surface area contributed by atoms with Crippen LogP contribution in [0.2, 0.25) is 0 Å². The first-order valence-corrected chi connectivity index (χ1v) is 6.80. The van der Waals surface area contributed by atoms with Crippen molar-refractivity contribution in [3.8, 4) is 0 Å². The van der Waals surface area contributed by atoms with E-state index < -0.39 is 0 Å². The minimum Gasteiger partial charge on any atom is -0.388 e. The van der Waals surface area contributed by atoms with Crippen molar-refractivity contribution in [2.45, 2.75) is 6.92 Å². The third-order valence-electron chi connectivity index (χ3n) is 3.03. The van der Waals surface area contributed by atoms with Crippen molar-refractivity contribution < 1.29 is 0 Å². The van der Waals surface area contributed by atoms with Crippen LogP contribution < -0.4 is 11.1 Å². The molecule has 0 radical (unpaired) electrons. The number of nitrogens with zero attached hydrogens (tertiary/aromatic N) is 3. The Balaban J connectivity index is 2.13. The fraction of sp³-hybridized carbons (Fsp3) is 0.0667. The maximum Gasteiger partial charge on any atom is 0.159 e. The predicted molar refractivity (Wildman–Crippen MR) is 87.7 cm³/mol. The molecule has 0 spiro atoms. The molecule has 0 unspecified atom stereocenters. The van der Waals surface area contributed by atoms with Crippen molar-refractivity contribution in [3.05, 3.63) is 54.1 Å². The minimum atomic E-state index is 0.209. The van der Waals surface area contributed by atoms with Crippen LogP contribution in [0.15, 0.2) is 42.7 Å². The maximum atomic E-state index is 5.69. The van der Waals surface area contributed by atoms with Gasteiger partial charge in [-0.2, -0.15) is 0 Å². The van der Waals surface area contributed by atoms with Gasteiger partial charge in [0.2, 0.25) is 0 Å². The lowest BCUT2D eigenvalue weighted by molar-refractivity contribution is 1.17. The summed E-state index contributed by atoms with van der Waals surface area (Å²) in [5.41, 5.74) is 8.90.